The third-order valence-electron chi connectivity index (χ3n) is 2.38. The van der Waals surface area contributed by atoms with Gasteiger partial charge in [-0.2, -0.15) is 0 Å². The van der Waals surface area contributed by atoms with Gasteiger partial charge in [0.2, 0.25) is 6.79 Å². The fraction of sp³-hybridized carbons (Fsp3) is 0.417. The molecule has 4 heteroatoms. The summed E-state index contributed by atoms with van der Waals surface area (Å²) in [5, 5.41) is 0. The Kier molecular flexibility index (Phi) is 3.10. The van der Waals surface area contributed by atoms with Crippen LogP contribution in [-0.4, -0.2) is 31.1 Å². The Morgan fingerprint density at radius 3 is 2.88 bits per heavy atom. The van der Waals surface area contributed by atoms with Crippen molar-refractivity contribution in [2.24, 2.45) is 0 Å². The molecule has 0 atom stereocenters. The number of fused-ring (bicyclic) bond motifs is 1. The predicted octanol–water partition coefficient (Wildman–Crippen LogP) is 1.44. The number of rotatable bonds is 4. The van der Waals surface area contributed by atoms with Crippen LogP contribution in [0, 0.1) is 0 Å². The number of likely N-dealkylation sites (N-methyl/N-ethyl adjacent to an activating group) is 1. The Morgan fingerprint density at radius 1 is 1.38 bits per heavy atom. The molecule has 0 amide bonds. The lowest BCUT2D eigenvalue weighted by Gasteiger charge is -2.14. The summed E-state index contributed by atoms with van der Waals surface area (Å²) in [6.07, 6.45) is 0. The summed E-state index contributed by atoms with van der Waals surface area (Å²) in [6, 6.07) is 5.85. The normalized spacial score (nSPS) is 13.2. The summed E-state index contributed by atoms with van der Waals surface area (Å²) in [5.74, 6) is 1.75. The van der Waals surface area contributed by atoms with E-state index < -0.39 is 0 Å². The van der Waals surface area contributed by atoms with E-state index in [0.29, 0.717) is 13.3 Å². The number of benzene rings is 1. The minimum absolute atomic E-state index is 0.170. The molecule has 0 saturated carbocycles. The van der Waals surface area contributed by atoms with Crippen molar-refractivity contribution in [1.82, 2.24) is 4.90 Å². The summed E-state index contributed by atoms with van der Waals surface area (Å²) in [5.41, 5.74) is 1.12. The van der Waals surface area contributed by atoms with Gasteiger partial charge in [0.25, 0.3) is 0 Å². The minimum atomic E-state index is 0.170. The molecule has 1 aliphatic rings. The van der Waals surface area contributed by atoms with Crippen LogP contribution in [0.25, 0.3) is 0 Å². The first-order chi connectivity index (χ1) is 7.65. The number of carbonyl (C=O) groups excluding carboxylic acids is 1. The lowest BCUT2D eigenvalue weighted by Crippen LogP contribution is -2.23. The Hall–Kier alpha value is -1.55. The third kappa shape index (κ3) is 2.52. The highest BCUT2D eigenvalue weighted by Crippen LogP contribution is 2.32. The molecule has 1 aliphatic heterocycles. The van der Waals surface area contributed by atoms with Gasteiger partial charge in [0, 0.05) is 6.54 Å². The lowest BCUT2D eigenvalue weighted by molar-refractivity contribution is -0.117. The van der Waals surface area contributed by atoms with Crippen molar-refractivity contribution in [2.45, 2.75) is 13.5 Å². The maximum absolute atomic E-state index is 10.9. The smallest absolute Gasteiger partial charge is 0.231 e. The van der Waals surface area contributed by atoms with Gasteiger partial charge >= 0.3 is 0 Å². The number of nitrogens with zero attached hydrogens (tertiary/aromatic N) is 1. The SMILES string of the molecule is CC(=O)CN(C)Cc1ccc2c(c1)OCO2. The highest BCUT2D eigenvalue weighted by molar-refractivity contribution is 5.77. The van der Waals surface area contributed by atoms with E-state index in [4.69, 9.17) is 9.47 Å². The predicted molar refractivity (Wildman–Crippen MR) is 59.6 cm³/mol. The molecule has 1 aromatic carbocycles. The third-order valence-corrected chi connectivity index (χ3v) is 2.38. The van der Waals surface area contributed by atoms with Crippen molar-refractivity contribution in [1.29, 1.82) is 0 Å². The van der Waals surface area contributed by atoms with Crippen LogP contribution in [0.3, 0.4) is 0 Å². The molecule has 0 aliphatic carbocycles. The molecule has 1 aromatic rings. The monoisotopic (exact) mass is 221 g/mol. The van der Waals surface area contributed by atoms with E-state index in [1.165, 1.54) is 0 Å². The van der Waals surface area contributed by atoms with E-state index in [1.807, 2.05) is 30.1 Å². The van der Waals surface area contributed by atoms with Gasteiger partial charge in [0.05, 0.1) is 6.54 Å². The largest absolute Gasteiger partial charge is 0.454 e. The van der Waals surface area contributed by atoms with E-state index in [-0.39, 0.29) is 5.78 Å². The van der Waals surface area contributed by atoms with Crippen LogP contribution in [0.2, 0.25) is 0 Å². The zero-order valence-corrected chi connectivity index (χ0v) is 9.53. The van der Waals surface area contributed by atoms with Gasteiger partial charge in [-0.25, -0.2) is 0 Å². The molecule has 4 nitrogen and oxygen atoms in total. The molecule has 0 spiro atoms. The second-order valence-corrected chi connectivity index (χ2v) is 4.06. The van der Waals surface area contributed by atoms with E-state index >= 15 is 0 Å². The van der Waals surface area contributed by atoms with Crippen molar-refractivity contribution in [2.75, 3.05) is 20.4 Å². The molecule has 0 N–H and O–H groups in total. The fourth-order valence-corrected chi connectivity index (χ4v) is 1.79. The fourth-order valence-electron chi connectivity index (χ4n) is 1.79. The standard InChI is InChI=1S/C12H15NO3/c1-9(14)6-13(2)7-10-3-4-11-12(5-10)16-8-15-11/h3-5H,6-8H2,1-2H3. The zero-order chi connectivity index (χ0) is 11.5. The van der Waals surface area contributed by atoms with Crippen molar-refractivity contribution < 1.29 is 14.3 Å². The van der Waals surface area contributed by atoms with Crippen LogP contribution < -0.4 is 9.47 Å². The van der Waals surface area contributed by atoms with E-state index in [2.05, 4.69) is 0 Å². The van der Waals surface area contributed by atoms with Crippen LogP contribution in [0.1, 0.15) is 12.5 Å². The molecule has 2 rings (SSSR count). The van der Waals surface area contributed by atoms with Crippen molar-refractivity contribution >= 4 is 5.78 Å². The molecule has 0 saturated heterocycles. The maximum atomic E-state index is 10.9. The van der Waals surface area contributed by atoms with Gasteiger partial charge in [0.15, 0.2) is 11.5 Å². The van der Waals surface area contributed by atoms with Gasteiger partial charge in [-0.3, -0.25) is 9.69 Å². The average Bonchev–Trinajstić information content (AvgIpc) is 2.63. The van der Waals surface area contributed by atoms with Crippen LogP contribution >= 0.6 is 0 Å². The topological polar surface area (TPSA) is 38.8 Å². The number of ether oxygens (including phenoxy) is 2. The van der Waals surface area contributed by atoms with Crippen LogP contribution in [0.5, 0.6) is 11.5 Å². The molecule has 1 heterocycles. The first-order valence-electron chi connectivity index (χ1n) is 5.21. The zero-order valence-electron chi connectivity index (χ0n) is 9.53. The highest BCUT2D eigenvalue weighted by Gasteiger charge is 2.13. The summed E-state index contributed by atoms with van der Waals surface area (Å²) in [4.78, 5) is 12.9. The Labute approximate surface area is 94.8 Å². The summed E-state index contributed by atoms with van der Waals surface area (Å²) in [7, 11) is 1.92. The van der Waals surface area contributed by atoms with Gasteiger partial charge in [0.1, 0.15) is 5.78 Å². The minimum Gasteiger partial charge on any atom is -0.454 e. The Bertz CT molecular complexity index is 403. The van der Waals surface area contributed by atoms with Crippen molar-refractivity contribution in [3.63, 3.8) is 0 Å². The molecule has 0 bridgehead atoms. The van der Waals surface area contributed by atoms with Crippen LogP contribution in [0.15, 0.2) is 18.2 Å². The van der Waals surface area contributed by atoms with Gasteiger partial charge in [-0.05, 0) is 31.7 Å². The second-order valence-electron chi connectivity index (χ2n) is 4.06. The molecular formula is C12H15NO3. The lowest BCUT2D eigenvalue weighted by atomic mass is 10.2. The molecule has 86 valence electrons. The Morgan fingerprint density at radius 2 is 2.12 bits per heavy atom. The summed E-state index contributed by atoms with van der Waals surface area (Å²) < 4.78 is 10.5. The average molecular weight is 221 g/mol. The molecule has 0 radical (unpaired) electrons. The van der Waals surface area contributed by atoms with Crippen LogP contribution in [-0.2, 0) is 11.3 Å². The molecular weight excluding hydrogens is 206 g/mol. The van der Waals surface area contributed by atoms with E-state index in [1.54, 1.807) is 6.92 Å². The number of hydrogen-bond donors (Lipinski definition) is 0. The highest BCUT2D eigenvalue weighted by atomic mass is 16.7. The van der Waals surface area contributed by atoms with E-state index in [0.717, 1.165) is 23.6 Å². The van der Waals surface area contributed by atoms with Gasteiger partial charge in [-0.1, -0.05) is 6.07 Å². The van der Waals surface area contributed by atoms with Crippen molar-refractivity contribution in [3.8, 4) is 11.5 Å². The molecule has 0 aromatic heterocycles. The first kappa shape index (κ1) is 11.0. The summed E-state index contributed by atoms with van der Waals surface area (Å²) in [6.45, 7) is 3.09. The maximum Gasteiger partial charge on any atom is 0.231 e. The number of ketones is 1. The molecule has 0 fully saturated rings. The van der Waals surface area contributed by atoms with Gasteiger partial charge in [-0.15, -0.1) is 0 Å². The number of Topliss-reactive ketones (excluding diaryl/α,β-unsaturated/α-hetero) is 1. The van der Waals surface area contributed by atoms with Crippen LogP contribution in [0.4, 0.5) is 0 Å². The second kappa shape index (κ2) is 4.53. The van der Waals surface area contributed by atoms with E-state index in [9.17, 15) is 4.79 Å². The molecule has 16 heavy (non-hydrogen) atoms. The number of carbonyl (C=O) groups is 1. The Balaban J connectivity index is 2.02. The first-order valence-corrected chi connectivity index (χ1v) is 5.21. The van der Waals surface area contributed by atoms with Gasteiger partial charge < -0.3 is 9.47 Å². The molecule has 0 unspecified atom stereocenters. The number of hydrogen-bond acceptors (Lipinski definition) is 4. The summed E-state index contributed by atoms with van der Waals surface area (Å²) >= 11 is 0. The van der Waals surface area contributed by atoms with Crippen molar-refractivity contribution in [3.05, 3.63) is 23.8 Å². The quantitative estimate of drug-likeness (QED) is 0.771.